The number of benzene rings is 2. The summed E-state index contributed by atoms with van der Waals surface area (Å²) < 4.78 is 0. The number of nitrogens with zero attached hydrogens (tertiary/aromatic N) is 3. The zero-order valence-corrected chi connectivity index (χ0v) is 21.5. The molecule has 0 amide bonds. The van der Waals surface area contributed by atoms with Gasteiger partial charge in [-0.3, -0.25) is 4.90 Å². The molecule has 0 radical (unpaired) electrons. The molecule has 1 heterocycles. The molecule has 3 rings (SSSR count). The number of rotatable bonds is 11. The van der Waals surface area contributed by atoms with Crippen molar-refractivity contribution >= 4 is 0 Å². The van der Waals surface area contributed by atoms with E-state index in [1.54, 1.807) is 0 Å². The fourth-order valence-electron chi connectivity index (χ4n) is 4.72. The maximum Gasteiger partial charge on any atom is 0.0237 e. The van der Waals surface area contributed by atoms with Gasteiger partial charge in [-0.2, -0.15) is 0 Å². The predicted octanol–water partition coefficient (Wildman–Crippen LogP) is 4.65. The van der Waals surface area contributed by atoms with Crippen LogP contribution < -0.4 is 5.73 Å². The van der Waals surface area contributed by atoms with Gasteiger partial charge in [-0.25, -0.2) is 0 Å². The predicted molar refractivity (Wildman–Crippen MR) is 142 cm³/mol. The van der Waals surface area contributed by atoms with E-state index in [9.17, 15) is 0 Å². The Labute approximate surface area is 202 Å². The second-order valence-electron chi connectivity index (χ2n) is 10.8. The molecule has 0 aliphatic carbocycles. The van der Waals surface area contributed by atoms with Crippen molar-refractivity contribution in [3.63, 3.8) is 0 Å². The van der Waals surface area contributed by atoms with Gasteiger partial charge >= 0.3 is 0 Å². The standard InChI is InChI=1S/C29H46N4/c1-25-8-5-9-27(22-25)24-33(23-26-10-12-28(13-11-26)29(2,3)4)17-7-16-32-20-18-31(19-21-32)15-6-14-30/h5,8-13,22H,6-7,14-21,23-24,30H2,1-4H3. The Morgan fingerprint density at radius 2 is 1.42 bits per heavy atom. The van der Waals surface area contributed by atoms with Crippen LogP contribution in [-0.2, 0) is 18.5 Å². The summed E-state index contributed by atoms with van der Waals surface area (Å²) in [7, 11) is 0. The van der Waals surface area contributed by atoms with E-state index < -0.39 is 0 Å². The van der Waals surface area contributed by atoms with Crippen molar-refractivity contribution in [1.29, 1.82) is 0 Å². The molecule has 0 bridgehead atoms. The second kappa shape index (κ2) is 12.7. The van der Waals surface area contributed by atoms with E-state index in [0.29, 0.717) is 0 Å². The van der Waals surface area contributed by atoms with Crippen molar-refractivity contribution in [3.05, 3.63) is 70.8 Å². The Balaban J connectivity index is 1.55. The van der Waals surface area contributed by atoms with Crippen LogP contribution in [0.3, 0.4) is 0 Å². The normalized spacial score (nSPS) is 15.9. The molecule has 33 heavy (non-hydrogen) atoms. The largest absolute Gasteiger partial charge is 0.330 e. The highest BCUT2D eigenvalue weighted by molar-refractivity contribution is 5.28. The van der Waals surface area contributed by atoms with Crippen molar-refractivity contribution in [2.45, 2.75) is 59.0 Å². The molecule has 1 aliphatic heterocycles. The van der Waals surface area contributed by atoms with Gasteiger partial charge in [-0.05, 0) is 61.5 Å². The summed E-state index contributed by atoms with van der Waals surface area (Å²) in [5, 5.41) is 0. The van der Waals surface area contributed by atoms with Crippen LogP contribution in [0.4, 0.5) is 0 Å². The molecule has 1 saturated heterocycles. The lowest BCUT2D eigenvalue weighted by molar-refractivity contribution is 0.125. The molecule has 1 fully saturated rings. The Hall–Kier alpha value is -1.72. The first-order chi connectivity index (χ1) is 15.8. The SMILES string of the molecule is Cc1cccc(CN(CCCN2CCN(CCCN)CC2)Cc2ccc(C(C)(C)C)cc2)c1. The smallest absolute Gasteiger partial charge is 0.0237 e. The van der Waals surface area contributed by atoms with Crippen LogP contribution in [0, 0.1) is 6.92 Å². The topological polar surface area (TPSA) is 35.7 Å². The molecule has 2 aromatic carbocycles. The zero-order valence-electron chi connectivity index (χ0n) is 21.5. The van der Waals surface area contributed by atoms with Gasteiger partial charge in [0.15, 0.2) is 0 Å². The van der Waals surface area contributed by atoms with Crippen molar-refractivity contribution in [1.82, 2.24) is 14.7 Å². The minimum Gasteiger partial charge on any atom is -0.330 e. The van der Waals surface area contributed by atoms with Crippen LogP contribution >= 0.6 is 0 Å². The summed E-state index contributed by atoms with van der Waals surface area (Å²) in [5.41, 5.74) is 11.4. The average Bonchev–Trinajstić information content (AvgIpc) is 2.78. The van der Waals surface area contributed by atoms with Crippen LogP contribution in [0.15, 0.2) is 48.5 Å². The summed E-state index contributed by atoms with van der Waals surface area (Å²) in [6, 6.07) is 18.2. The average molecular weight is 451 g/mol. The van der Waals surface area contributed by atoms with Crippen LogP contribution in [0.2, 0.25) is 0 Å². The van der Waals surface area contributed by atoms with E-state index >= 15 is 0 Å². The molecule has 1 aliphatic rings. The van der Waals surface area contributed by atoms with Gasteiger partial charge in [0.05, 0.1) is 0 Å². The molecular weight excluding hydrogens is 404 g/mol. The molecule has 2 aromatic rings. The van der Waals surface area contributed by atoms with Gasteiger partial charge in [0.2, 0.25) is 0 Å². The molecule has 0 spiro atoms. The summed E-state index contributed by atoms with van der Waals surface area (Å²) in [6.45, 7) is 20.1. The van der Waals surface area contributed by atoms with Crippen LogP contribution in [-0.4, -0.2) is 67.1 Å². The van der Waals surface area contributed by atoms with Crippen LogP contribution in [0.25, 0.3) is 0 Å². The fraction of sp³-hybridized carbons (Fsp3) is 0.586. The maximum atomic E-state index is 5.67. The Morgan fingerprint density at radius 1 is 0.818 bits per heavy atom. The lowest BCUT2D eigenvalue weighted by Crippen LogP contribution is -2.47. The van der Waals surface area contributed by atoms with Gasteiger partial charge in [0.25, 0.3) is 0 Å². The molecule has 0 unspecified atom stereocenters. The highest BCUT2D eigenvalue weighted by Crippen LogP contribution is 2.23. The van der Waals surface area contributed by atoms with E-state index in [-0.39, 0.29) is 5.41 Å². The van der Waals surface area contributed by atoms with Crippen molar-refractivity contribution in [2.24, 2.45) is 5.73 Å². The third kappa shape index (κ3) is 8.86. The lowest BCUT2D eigenvalue weighted by Gasteiger charge is -2.35. The highest BCUT2D eigenvalue weighted by atomic mass is 15.3. The van der Waals surface area contributed by atoms with Gasteiger partial charge in [-0.15, -0.1) is 0 Å². The summed E-state index contributed by atoms with van der Waals surface area (Å²) in [5.74, 6) is 0. The van der Waals surface area contributed by atoms with Crippen molar-refractivity contribution in [2.75, 3.05) is 52.4 Å². The monoisotopic (exact) mass is 450 g/mol. The molecule has 0 atom stereocenters. The first kappa shape index (κ1) is 25.9. The quantitative estimate of drug-likeness (QED) is 0.540. The van der Waals surface area contributed by atoms with Gasteiger partial charge < -0.3 is 15.5 Å². The Morgan fingerprint density at radius 3 is 2.00 bits per heavy atom. The van der Waals surface area contributed by atoms with Gasteiger partial charge in [0, 0.05) is 45.8 Å². The minimum absolute atomic E-state index is 0.203. The maximum absolute atomic E-state index is 5.67. The van der Waals surface area contributed by atoms with E-state index in [2.05, 4.69) is 90.9 Å². The second-order valence-corrected chi connectivity index (χ2v) is 10.8. The summed E-state index contributed by atoms with van der Waals surface area (Å²) >= 11 is 0. The lowest BCUT2D eigenvalue weighted by atomic mass is 9.87. The molecule has 2 N–H and O–H groups in total. The molecule has 4 heteroatoms. The van der Waals surface area contributed by atoms with E-state index in [1.165, 1.54) is 61.4 Å². The number of hydrogen-bond acceptors (Lipinski definition) is 4. The number of nitrogens with two attached hydrogens (primary N) is 1. The molecule has 0 saturated carbocycles. The fourth-order valence-corrected chi connectivity index (χ4v) is 4.72. The van der Waals surface area contributed by atoms with Crippen LogP contribution in [0.1, 0.15) is 55.9 Å². The highest BCUT2D eigenvalue weighted by Gasteiger charge is 2.17. The first-order valence-electron chi connectivity index (χ1n) is 12.9. The van der Waals surface area contributed by atoms with Gasteiger partial charge in [-0.1, -0.05) is 74.9 Å². The van der Waals surface area contributed by atoms with E-state index in [4.69, 9.17) is 5.73 Å². The van der Waals surface area contributed by atoms with Crippen LogP contribution in [0.5, 0.6) is 0 Å². The molecule has 182 valence electrons. The summed E-state index contributed by atoms with van der Waals surface area (Å²) in [4.78, 5) is 7.83. The Bertz CT molecular complexity index is 816. The van der Waals surface area contributed by atoms with Gasteiger partial charge in [0.1, 0.15) is 0 Å². The first-order valence-corrected chi connectivity index (χ1v) is 12.9. The number of aryl methyl sites for hydroxylation is 1. The Kier molecular flexibility index (Phi) is 9.94. The third-order valence-electron chi connectivity index (χ3n) is 6.81. The number of piperazine rings is 1. The van der Waals surface area contributed by atoms with E-state index in [1.807, 2.05) is 0 Å². The number of hydrogen-bond donors (Lipinski definition) is 1. The molecular formula is C29H46N4. The minimum atomic E-state index is 0.203. The molecule has 0 aromatic heterocycles. The third-order valence-corrected chi connectivity index (χ3v) is 6.81. The molecule has 4 nitrogen and oxygen atoms in total. The van der Waals surface area contributed by atoms with Crippen molar-refractivity contribution in [3.8, 4) is 0 Å². The van der Waals surface area contributed by atoms with E-state index in [0.717, 1.165) is 39.1 Å². The summed E-state index contributed by atoms with van der Waals surface area (Å²) in [6.07, 6.45) is 2.33. The van der Waals surface area contributed by atoms with Crippen molar-refractivity contribution < 1.29 is 0 Å². The zero-order chi connectivity index (χ0) is 23.7.